The minimum Gasteiger partial charge on any atom is -0.376 e. The van der Waals surface area contributed by atoms with Crippen LogP contribution in [0.1, 0.15) is 41.4 Å². The number of rotatable bonds is 5. The molecule has 1 aromatic rings. The quantitative estimate of drug-likeness (QED) is 0.815. The summed E-state index contributed by atoms with van der Waals surface area (Å²) in [6, 6.07) is 1.76. The van der Waals surface area contributed by atoms with Crippen molar-refractivity contribution in [2.24, 2.45) is 11.8 Å². The van der Waals surface area contributed by atoms with Crippen LogP contribution in [0.15, 0.2) is 10.6 Å². The van der Waals surface area contributed by atoms with Crippen LogP contribution in [0.25, 0.3) is 0 Å². The van der Waals surface area contributed by atoms with Crippen LogP contribution in [-0.4, -0.2) is 63.0 Å². The molecular formula is C16H23N3O5S. The van der Waals surface area contributed by atoms with E-state index in [1.165, 1.54) is 0 Å². The molecule has 1 saturated carbocycles. The molecule has 1 aromatic heterocycles. The van der Waals surface area contributed by atoms with Crippen LogP contribution in [-0.2, 0) is 14.8 Å². The Labute approximate surface area is 146 Å². The van der Waals surface area contributed by atoms with E-state index in [0.29, 0.717) is 37.2 Å². The highest BCUT2D eigenvalue weighted by atomic mass is 32.2. The number of fused-ring (bicyclic) bond motifs is 1. The zero-order valence-corrected chi connectivity index (χ0v) is 15.0. The fourth-order valence-corrected chi connectivity index (χ4v) is 4.24. The van der Waals surface area contributed by atoms with Crippen LogP contribution in [0.4, 0.5) is 0 Å². The van der Waals surface area contributed by atoms with Gasteiger partial charge in [0, 0.05) is 37.5 Å². The summed E-state index contributed by atoms with van der Waals surface area (Å²) in [5.41, 5.74) is 0.366. The summed E-state index contributed by atoms with van der Waals surface area (Å²) in [6.07, 6.45) is 4.00. The molecule has 0 bridgehead atoms. The van der Waals surface area contributed by atoms with Crippen molar-refractivity contribution in [2.45, 2.75) is 31.3 Å². The predicted octanol–water partition coefficient (Wildman–Crippen LogP) is 0.578. The lowest BCUT2D eigenvalue weighted by Gasteiger charge is -2.35. The molecular weight excluding hydrogens is 346 g/mol. The predicted molar refractivity (Wildman–Crippen MR) is 88.6 cm³/mol. The Morgan fingerprint density at radius 3 is 2.92 bits per heavy atom. The maximum absolute atomic E-state index is 12.7. The number of aromatic nitrogens is 1. The van der Waals surface area contributed by atoms with Crippen LogP contribution < -0.4 is 4.72 Å². The number of hydrogen-bond donors (Lipinski definition) is 1. The van der Waals surface area contributed by atoms with E-state index in [2.05, 4.69) is 9.88 Å². The van der Waals surface area contributed by atoms with Gasteiger partial charge < -0.3 is 14.2 Å². The van der Waals surface area contributed by atoms with Crippen LogP contribution in [0, 0.1) is 11.8 Å². The van der Waals surface area contributed by atoms with Crippen molar-refractivity contribution in [3.8, 4) is 0 Å². The third kappa shape index (κ3) is 3.73. The molecule has 0 radical (unpaired) electrons. The topological polar surface area (TPSA) is 102 Å². The third-order valence-electron chi connectivity index (χ3n) is 5.37. The molecule has 3 aliphatic rings. The summed E-state index contributed by atoms with van der Waals surface area (Å²) in [7, 11) is -3.25. The van der Waals surface area contributed by atoms with E-state index in [0.717, 1.165) is 31.3 Å². The number of hydrogen-bond acceptors (Lipinski definition) is 6. The first-order valence-electron chi connectivity index (χ1n) is 8.73. The average Bonchev–Trinajstić information content (AvgIpc) is 3.17. The van der Waals surface area contributed by atoms with Crippen molar-refractivity contribution >= 4 is 15.9 Å². The molecule has 3 fully saturated rings. The lowest BCUT2D eigenvalue weighted by molar-refractivity contribution is 0.0554. The standard InChI is InChI=1S/C16H23N3O5S/c1-25(21,22)17-7-15-12-8-19(5-4-11(12)9-23-15)16(20)13-6-14(24-18-13)10-2-3-10/h6,10-12,15,17H,2-5,7-9H2,1H3/t11-,12-,15+/m0/s1. The van der Waals surface area contributed by atoms with Gasteiger partial charge in [0.05, 0.1) is 19.0 Å². The molecule has 3 heterocycles. The molecule has 0 aromatic carbocycles. The lowest BCUT2D eigenvalue weighted by Crippen LogP contribution is -2.47. The van der Waals surface area contributed by atoms with Gasteiger partial charge in [0.2, 0.25) is 10.0 Å². The zero-order valence-electron chi connectivity index (χ0n) is 14.2. The second-order valence-electron chi connectivity index (χ2n) is 7.34. The average molecular weight is 369 g/mol. The second-order valence-corrected chi connectivity index (χ2v) is 9.18. The molecule has 8 nitrogen and oxygen atoms in total. The highest BCUT2D eigenvalue weighted by molar-refractivity contribution is 7.88. The molecule has 25 heavy (non-hydrogen) atoms. The smallest absolute Gasteiger partial charge is 0.276 e. The van der Waals surface area contributed by atoms with Gasteiger partial charge in [-0.2, -0.15) is 0 Å². The highest BCUT2D eigenvalue weighted by Gasteiger charge is 2.42. The Kier molecular flexibility index (Phi) is 4.33. The second kappa shape index (κ2) is 6.37. The first kappa shape index (κ1) is 17.0. The fourth-order valence-electron chi connectivity index (χ4n) is 3.77. The molecule has 9 heteroatoms. The number of amides is 1. The number of nitrogens with zero attached hydrogens (tertiary/aromatic N) is 2. The number of carbonyl (C=O) groups excluding carboxylic acids is 1. The minimum absolute atomic E-state index is 0.115. The van der Waals surface area contributed by atoms with Crippen LogP contribution in [0.2, 0.25) is 0 Å². The van der Waals surface area contributed by atoms with Crippen molar-refractivity contribution in [2.75, 3.05) is 32.5 Å². The number of nitrogens with one attached hydrogen (secondary N) is 1. The highest BCUT2D eigenvalue weighted by Crippen LogP contribution is 2.40. The maximum Gasteiger partial charge on any atom is 0.276 e. The molecule has 4 rings (SSSR count). The van der Waals surface area contributed by atoms with E-state index in [1.54, 1.807) is 11.0 Å². The van der Waals surface area contributed by atoms with E-state index in [-0.39, 0.29) is 24.5 Å². The SMILES string of the molecule is CS(=O)(=O)NC[C@H]1OC[C@@H]2CCN(C(=O)c3cc(C4CC4)on3)C[C@@H]21. The van der Waals surface area contributed by atoms with Crippen LogP contribution in [0.5, 0.6) is 0 Å². The van der Waals surface area contributed by atoms with Crippen LogP contribution in [0.3, 0.4) is 0 Å². The summed E-state index contributed by atoms with van der Waals surface area (Å²) in [4.78, 5) is 14.5. The van der Waals surface area contributed by atoms with Gasteiger partial charge in [-0.05, 0) is 25.2 Å². The zero-order chi connectivity index (χ0) is 17.6. The maximum atomic E-state index is 12.7. The number of ether oxygens (including phenoxy) is 1. The Morgan fingerprint density at radius 2 is 2.20 bits per heavy atom. The Balaban J connectivity index is 1.41. The fraction of sp³-hybridized carbons (Fsp3) is 0.750. The molecule has 1 aliphatic carbocycles. The van der Waals surface area contributed by atoms with Gasteiger partial charge in [-0.15, -0.1) is 0 Å². The van der Waals surface area contributed by atoms with Gasteiger partial charge in [-0.1, -0.05) is 5.16 Å². The summed E-state index contributed by atoms with van der Waals surface area (Å²) >= 11 is 0. The van der Waals surface area contributed by atoms with E-state index >= 15 is 0 Å². The van der Waals surface area contributed by atoms with Crippen molar-refractivity contribution < 1.29 is 22.5 Å². The molecule has 2 aliphatic heterocycles. The molecule has 2 saturated heterocycles. The summed E-state index contributed by atoms with van der Waals surface area (Å²) in [6.45, 7) is 2.10. The molecule has 1 amide bonds. The number of piperidine rings is 1. The number of carbonyl (C=O) groups is 1. The minimum atomic E-state index is -3.25. The van der Waals surface area contributed by atoms with Gasteiger partial charge in [-0.3, -0.25) is 4.79 Å². The van der Waals surface area contributed by atoms with Gasteiger partial charge >= 0.3 is 0 Å². The summed E-state index contributed by atoms with van der Waals surface area (Å²) in [5, 5.41) is 3.94. The molecule has 138 valence electrons. The first-order valence-corrected chi connectivity index (χ1v) is 10.6. The summed E-state index contributed by atoms with van der Waals surface area (Å²) in [5.74, 6) is 1.62. The van der Waals surface area contributed by atoms with E-state index in [9.17, 15) is 13.2 Å². The molecule has 0 unspecified atom stereocenters. The van der Waals surface area contributed by atoms with Gasteiger partial charge in [-0.25, -0.2) is 13.1 Å². The molecule has 1 N–H and O–H groups in total. The Bertz CT molecular complexity index is 758. The van der Waals surface area contributed by atoms with Crippen molar-refractivity contribution in [1.29, 1.82) is 0 Å². The summed E-state index contributed by atoms with van der Waals surface area (Å²) < 4.78 is 36.2. The Morgan fingerprint density at radius 1 is 1.40 bits per heavy atom. The van der Waals surface area contributed by atoms with Gasteiger partial charge in [0.1, 0.15) is 5.76 Å². The van der Waals surface area contributed by atoms with Crippen LogP contribution >= 0.6 is 0 Å². The van der Waals surface area contributed by atoms with Gasteiger partial charge in [0.25, 0.3) is 5.91 Å². The molecule has 3 atom stereocenters. The van der Waals surface area contributed by atoms with E-state index < -0.39 is 10.0 Å². The molecule has 0 spiro atoms. The largest absolute Gasteiger partial charge is 0.376 e. The van der Waals surface area contributed by atoms with E-state index in [1.807, 2.05) is 0 Å². The number of sulfonamides is 1. The third-order valence-corrected chi connectivity index (χ3v) is 6.06. The lowest BCUT2D eigenvalue weighted by atomic mass is 9.84. The first-order chi connectivity index (χ1) is 11.9. The van der Waals surface area contributed by atoms with Crippen molar-refractivity contribution in [3.05, 3.63) is 17.5 Å². The van der Waals surface area contributed by atoms with E-state index in [4.69, 9.17) is 9.26 Å². The Hall–Kier alpha value is -1.45. The van der Waals surface area contributed by atoms with Crippen molar-refractivity contribution in [1.82, 2.24) is 14.8 Å². The normalized spacial score (nSPS) is 29.6. The monoisotopic (exact) mass is 369 g/mol. The van der Waals surface area contributed by atoms with Crippen molar-refractivity contribution in [3.63, 3.8) is 0 Å². The van der Waals surface area contributed by atoms with Gasteiger partial charge in [0.15, 0.2) is 5.69 Å². The number of likely N-dealkylation sites (tertiary alicyclic amines) is 1.